The number of anilines is 1. The highest BCUT2D eigenvalue weighted by atomic mass is 32.2. The van der Waals surface area contributed by atoms with Gasteiger partial charge in [-0.2, -0.15) is 4.68 Å². The number of rotatable bonds is 7. The van der Waals surface area contributed by atoms with E-state index in [9.17, 15) is 18.0 Å². The summed E-state index contributed by atoms with van der Waals surface area (Å²) < 4.78 is 39.1. The van der Waals surface area contributed by atoms with Crippen molar-refractivity contribution in [3.05, 3.63) is 88.2 Å². The minimum absolute atomic E-state index is 0.0429. The number of sulfonamides is 1. The maximum atomic E-state index is 13.3. The minimum Gasteiger partial charge on any atom is -0.495 e. The Labute approximate surface area is 201 Å². The van der Waals surface area contributed by atoms with Crippen LogP contribution in [0.2, 0.25) is 0 Å². The molecule has 0 atom stereocenters. The molecule has 0 aliphatic rings. The molecule has 10 nitrogen and oxygen atoms in total. The first kappa shape index (κ1) is 23.9. The zero-order chi connectivity index (χ0) is 25.2. The summed E-state index contributed by atoms with van der Waals surface area (Å²) >= 11 is 0. The first-order chi connectivity index (χ1) is 16.7. The van der Waals surface area contributed by atoms with Crippen molar-refractivity contribution >= 4 is 32.6 Å². The molecule has 0 N–H and O–H groups in total. The summed E-state index contributed by atoms with van der Waals surface area (Å²) in [6, 6.07) is 17.5. The van der Waals surface area contributed by atoms with Gasteiger partial charge in [0.05, 0.1) is 28.6 Å². The summed E-state index contributed by atoms with van der Waals surface area (Å²) in [5.41, 5.74) is 0.851. The maximum absolute atomic E-state index is 13.3. The van der Waals surface area contributed by atoms with Gasteiger partial charge in [-0.3, -0.25) is 9.10 Å². The molecule has 0 aliphatic heterocycles. The van der Waals surface area contributed by atoms with Crippen molar-refractivity contribution in [1.82, 2.24) is 15.0 Å². The lowest BCUT2D eigenvalue weighted by atomic mass is 10.1. The predicted molar refractivity (Wildman–Crippen MR) is 129 cm³/mol. The van der Waals surface area contributed by atoms with Gasteiger partial charge in [-0.05, 0) is 48.9 Å². The Hall–Kier alpha value is -4.25. The standard InChI is InChI=1S/C24H22N4O6S/c1-16-12-13-17(35(31,32)27(2)21-10-6-7-11-22(21)33-3)14-19(16)24(30)34-15-28-23(29)18-8-4-5-9-20(18)25-26-28/h4-14H,15H2,1-3H3. The number of carbonyl (C=O) groups excluding carboxylic acids is 1. The molecule has 0 amide bonds. The Balaban J connectivity index is 1.60. The Morgan fingerprint density at radius 1 is 1.06 bits per heavy atom. The van der Waals surface area contributed by atoms with Crippen molar-refractivity contribution in [2.45, 2.75) is 18.6 Å². The number of hydrogen-bond acceptors (Lipinski definition) is 8. The molecular formula is C24H22N4O6S. The number of carbonyl (C=O) groups is 1. The molecule has 35 heavy (non-hydrogen) atoms. The summed E-state index contributed by atoms with van der Waals surface area (Å²) in [4.78, 5) is 25.3. The molecule has 0 aliphatic carbocycles. The van der Waals surface area contributed by atoms with Crippen molar-refractivity contribution in [3.63, 3.8) is 0 Å². The fourth-order valence-electron chi connectivity index (χ4n) is 3.46. The molecule has 0 radical (unpaired) electrons. The highest BCUT2D eigenvalue weighted by Crippen LogP contribution is 2.31. The van der Waals surface area contributed by atoms with E-state index in [4.69, 9.17) is 9.47 Å². The minimum atomic E-state index is -4.03. The van der Waals surface area contributed by atoms with Crippen molar-refractivity contribution in [3.8, 4) is 5.75 Å². The van der Waals surface area contributed by atoms with E-state index in [-0.39, 0.29) is 10.5 Å². The maximum Gasteiger partial charge on any atom is 0.340 e. The second kappa shape index (κ2) is 9.55. The van der Waals surface area contributed by atoms with Crippen molar-refractivity contribution < 1.29 is 22.7 Å². The van der Waals surface area contributed by atoms with Crippen LogP contribution < -0.4 is 14.6 Å². The van der Waals surface area contributed by atoms with E-state index in [1.807, 2.05) is 0 Å². The van der Waals surface area contributed by atoms with Gasteiger partial charge in [-0.25, -0.2) is 13.2 Å². The average molecular weight is 495 g/mol. The molecule has 11 heteroatoms. The predicted octanol–water partition coefficient (Wildman–Crippen LogP) is 2.75. The van der Waals surface area contributed by atoms with E-state index in [0.717, 1.165) is 8.99 Å². The SMILES string of the molecule is COc1ccccc1N(C)S(=O)(=O)c1ccc(C)c(C(=O)OCn2nnc3ccccc3c2=O)c1. The Morgan fingerprint density at radius 2 is 1.77 bits per heavy atom. The van der Waals surface area contributed by atoms with Crippen LogP contribution in [0.25, 0.3) is 10.9 Å². The van der Waals surface area contributed by atoms with Crippen LogP contribution in [-0.2, 0) is 21.5 Å². The van der Waals surface area contributed by atoms with E-state index < -0.39 is 28.3 Å². The molecule has 0 bridgehead atoms. The number of fused-ring (bicyclic) bond motifs is 1. The van der Waals surface area contributed by atoms with Gasteiger partial charge in [0.15, 0.2) is 6.73 Å². The van der Waals surface area contributed by atoms with Crippen LogP contribution in [0.1, 0.15) is 15.9 Å². The van der Waals surface area contributed by atoms with Gasteiger partial charge in [0.25, 0.3) is 15.6 Å². The van der Waals surface area contributed by atoms with Crippen LogP contribution in [0, 0.1) is 6.92 Å². The number of aromatic nitrogens is 3. The number of esters is 1. The normalized spacial score (nSPS) is 11.3. The third kappa shape index (κ3) is 4.58. The fraction of sp³-hybridized carbons (Fsp3) is 0.167. The Bertz CT molecular complexity index is 1580. The van der Waals surface area contributed by atoms with Crippen LogP contribution >= 0.6 is 0 Å². The first-order valence-electron chi connectivity index (χ1n) is 10.5. The van der Waals surface area contributed by atoms with Gasteiger partial charge in [0.1, 0.15) is 11.3 Å². The van der Waals surface area contributed by atoms with Gasteiger partial charge in [-0.15, -0.1) is 5.10 Å². The molecule has 3 aromatic carbocycles. The lowest BCUT2D eigenvalue weighted by Gasteiger charge is -2.22. The second-order valence-corrected chi connectivity index (χ2v) is 9.56. The van der Waals surface area contributed by atoms with E-state index in [0.29, 0.717) is 27.9 Å². The second-order valence-electron chi connectivity index (χ2n) is 7.59. The summed E-state index contributed by atoms with van der Waals surface area (Å²) in [6.45, 7) is 1.17. The number of para-hydroxylation sites is 2. The van der Waals surface area contributed by atoms with E-state index >= 15 is 0 Å². The molecule has 1 heterocycles. The van der Waals surface area contributed by atoms with E-state index in [1.165, 1.54) is 32.4 Å². The zero-order valence-electron chi connectivity index (χ0n) is 19.2. The molecule has 4 rings (SSSR count). The number of hydrogen-bond donors (Lipinski definition) is 0. The highest BCUT2D eigenvalue weighted by molar-refractivity contribution is 7.92. The Kier molecular flexibility index (Phi) is 6.52. The zero-order valence-corrected chi connectivity index (χ0v) is 20.0. The summed E-state index contributed by atoms with van der Waals surface area (Å²) in [7, 11) is -1.18. The highest BCUT2D eigenvalue weighted by Gasteiger charge is 2.25. The molecular weight excluding hydrogens is 472 g/mol. The van der Waals surface area contributed by atoms with Crippen molar-refractivity contribution in [1.29, 1.82) is 0 Å². The average Bonchev–Trinajstić information content (AvgIpc) is 2.88. The number of ether oxygens (including phenoxy) is 2. The van der Waals surface area contributed by atoms with E-state index in [1.54, 1.807) is 55.5 Å². The van der Waals surface area contributed by atoms with Gasteiger partial charge >= 0.3 is 5.97 Å². The van der Waals surface area contributed by atoms with Crippen molar-refractivity contribution in [2.75, 3.05) is 18.5 Å². The van der Waals surface area contributed by atoms with Crippen LogP contribution in [0.4, 0.5) is 5.69 Å². The van der Waals surface area contributed by atoms with Gasteiger partial charge < -0.3 is 9.47 Å². The first-order valence-corrected chi connectivity index (χ1v) is 11.9. The quantitative estimate of drug-likeness (QED) is 0.360. The van der Waals surface area contributed by atoms with Gasteiger partial charge in [0, 0.05) is 7.05 Å². The van der Waals surface area contributed by atoms with Crippen molar-refractivity contribution in [2.24, 2.45) is 0 Å². The van der Waals surface area contributed by atoms with Crippen LogP contribution in [0.5, 0.6) is 5.75 Å². The van der Waals surface area contributed by atoms with E-state index in [2.05, 4.69) is 10.3 Å². The van der Waals surface area contributed by atoms with Gasteiger partial charge in [0.2, 0.25) is 0 Å². The lowest BCUT2D eigenvalue weighted by molar-refractivity contribution is 0.0335. The molecule has 180 valence electrons. The molecule has 0 saturated heterocycles. The molecule has 0 saturated carbocycles. The Morgan fingerprint density at radius 3 is 2.54 bits per heavy atom. The molecule has 4 aromatic rings. The third-order valence-electron chi connectivity index (χ3n) is 5.46. The molecule has 0 unspecified atom stereocenters. The number of benzene rings is 3. The number of nitrogens with zero attached hydrogens (tertiary/aromatic N) is 4. The monoisotopic (exact) mass is 494 g/mol. The van der Waals surface area contributed by atoms with Crippen LogP contribution in [0.15, 0.2) is 76.4 Å². The number of methoxy groups -OCH3 is 1. The molecule has 0 spiro atoms. The topological polar surface area (TPSA) is 121 Å². The van der Waals surface area contributed by atoms with Gasteiger partial charge in [-0.1, -0.05) is 35.5 Å². The summed E-state index contributed by atoms with van der Waals surface area (Å²) in [6.07, 6.45) is 0. The number of aryl methyl sites for hydroxylation is 1. The third-order valence-corrected chi connectivity index (χ3v) is 7.23. The van der Waals surface area contributed by atoms with Crippen LogP contribution in [0.3, 0.4) is 0 Å². The largest absolute Gasteiger partial charge is 0.495 e. The summed E-state index contributed by atoms with van der Waals surface area (Å²) in [5, 5.41) is 8.07. The molecule has 1 aromatic heterocycles. The van der Waals surface area contributed by atoms with Crippen LogP contribution in [-0.4, -0.2) is 43.5 Å². The fourth-order valence-corrected chi connectivity index (χ4v) is 4.70. The molecule has 0 fully saturated rings. The summed E-state index contributed by atoms with van der Waals surface area (Å²) in [5.74, 6) is -0.423. The lowest BCUT2D eigenvalue weighted by Crippen LogP contribution is -2.28. The smallest absolute Gasteiger partial charge is 0.340 e.